The molecule has 0 spiro atoms. The first kappa shape index (κ1) is 15.2. The Labute approximate surface area is 124 Å². The number of anilines is 2. The summed E-state index contributed by atoms with van der Waals surface area (Å²) in [5.74, 6) is -0.212. The monoisotopic (exact) mass is 290 g/mol. The predicted molar refractivity (Wildman–Crippen MR) is 83.1 cm³/mol. The lowest BCUT2D eigenvalue weighted by atomic mass is 10.1. The molecule has 0 bridgehead atoms. The maximum absolute atomic E-state index is 11.9. The first-order valence-electron chi connectivity index (χ1n) is 7.26. The zero-order valence-electron chi connectivity index (χ0n) is 12.4. The van der Waals surface area contributed by atoms with Crippen LogP contribution in [0.1, 0.15) is 37.0 Å². The first-order valence-corrected chi connectivity index (χ1v) is 7.26. The molecule has 5 N–H and O–H groups in total. The number of rotatable bonds is 6. The van der Waals surface area contributed by atoms with Gasteiger partial charge in [-0.05, 0) is 44.9 Å². The summed E-state index contributed by atoms with van der Waals surface area (Å²) in [6.07, 6.45) is 2.10. The first-order chi connectivity index (χ1) is 10.0. The van der Waals surface area contributed by atoms with Gasteiger partial charge in [-0.2, -0.15) is 0 Å². The Bertz CT molecular complexity index is 540. The van der Waals surface area contributed by atoms with E-state index in [2.05, 4.69) is 16.0 Å². The predicted octanol–water partition coefficient (Wildman–Crippen LogP) is 1.10. The molecule has 1 saturated carbocycles. The van der Waals surface area contributed by atoms with E-state index in [9.17, 15) is 9.59 Å². The van der Waals surface area contributed by atoms with Crippen LogP contribution < -0.4 is 21.7 Å². The molecule has 6 heteroatoms. The summed E-state index contributed by atoms with van der Waals surface area (Å²) >= 11 is 0. The maximum Gasteiger partial charge on any atom is 0.251 e. The number of carbonyl (C=O) groups excluding carboxylic acids is 2. The van der Waals surface area contributed by atoms with Gasteiger partial charge in [-0.15, -0.1) is 0 Å². The minimum absolute atomic E-state index is 0.0553. The molecule has 1 aromatic carbocycles. The molecule has 0 saturated heterocycles. The molecule has 0 aromatic heterocycles. The summed E-state index contributed by atoms with van der Waals surface area (Å²) in [5.41, 5.74) is 7.52. The fourth-order valence-electron chi connectivity index (χ4n) is 1.94. The number of nitrogens with two attached hydrogens (primary N) is 1. The van der Waals surface area contributed by atoms with Crippen molar-refractivity contribution in [1.29, 1.82) is 0 Å². The number of amides is 2. The SMILES string of the molecule is CCNC(=O)c1ccc(N)c(NC(C)C(=O)NC2CC2)c1. The smallest absolute Gasteiger partial charge is 0.251 e. The molecule has 1 aliphatic carbocycles. The van der Waals surface area contributed by atoms with Gasteiger partial charge in [0, 0.05) is 18.2 Å². The molecule has 1 unspecified atom stereocenters. The minimum atomic E-state index is -0.405. The van der Waals surface area contributed by atoms with E-state index in [1.165, 1.54) is 0 Å². The fourth-order valence-corrected chi connectivity index (χ4v) is 1.94. The summed E-state index contributed by atoms with van der Waals surface area (Å²) in [7, 11) is 0. The average molecular weight is 290 g/mol. The van der Waals surface area contributed by atoms with Gasteiger partial charge in [0.15, 0.2) is 0 Å². The van der Waals surface area contributed by atoms with Crippen LogP contribution in [-0.2, 0) is 4.79 Å². The number of benzene rings is 1. The molecule has 21 heavy (non-hydrogen) atoms. The Morgan fingerprint density at radius 2 is 2.10 bits per heavy atom. The summed E-state index contributed by atoms with van der Waals surface area (Å²) < 4.78 is 0. The molecule has 0 aliphatic heterocycles. The largest absolute Gasteiger partial charge is 0.397 e. The highest BCUT2D eigenvalue weighted by Crippen LogP contribution is 2.22. The molecular formula is C15H22N4O2. The van der Waals surface area contributed by atoms with Crippen molar-refractivity contribution in [3.63, 3.8) is 0 Å². The van der Waals surface area contributed by atoms with Crippen molar-refractivity contribution >= 4 is 23.2 Å². The quantitative estimate of drug-likeness (QED) is 0.590. The highest BCUT2D eigenvalue weighted by molar-refractivity contribution is 5.96. The summed E-state index contributed by atoms with van der Waals surface area (Å²) in [4.78, 5) is 23.8. The van der Waals surface area contributed by atoms with Gasteiger partial charge in [0.05, 0.1) is 11.4 Å². The van der Waals surface area contributed by atoms with Gasteiger partial charge in [0.25, 0.3) is 5.91 Å². The van der Waals surface area contributed by atoms with E-state index in [1.54, 1.807) is 25.1 Å². The van der Waals surface area contributed by atoms with Crippen LogP contribution in [0.2, 0.25) is 0 Å². The second kappa shape index (κ2) is 6.47. The molecule has 2 rings (SSSR count). The van der Waals surface area contributed by atoms with E-state index in [1.807, 2.05) is 6.92 Å². The highest BCUT2D eigenvalue weighted by Gasteiger charge is 2.25. The van der Waals surface area contributed by atoms with Gasteiger partial charge >= 0.3 is 0 Å². The molecular weight excluding hydrogens is 268 g/mol. The van der Waals surface area contributed by atoms with E-state index in [4.69, 9.17) is 5.73 Å². The molecule has 1 aliphatic rings. The van der Waals surface area contributed by atoms with E-state index in [-0.39, 0.29) is 11.8 Å². The van der Waals surface area contributed by atoms with Gasteiger partial charge in [0.1, 0.15) is 6.04 Å². The second-order valence-corrected chi connectivity index (χ2v) is 5.31. The van der Waals surface area contributed by atoms with E-state index < -0.39 is 6.04 Å². The lowest BCUT2D eigenvalue weighted by Gasteiger charge is -2.17. The van der Waals surface area contributed by atoms with Crippen molar-refractivity contribution in [2.75, 3.05) is 17.6 Å². The zero-order chi connectivity index (χ0) is 15.4. The van der Waals surface area contributed by atoms with Crippen molar-refractivity contribution in [2.24, 2.45) is 0 Å². The van der Waals surface area contributed by atoms with Crippen molar-refractivity contribution in [3.8, 4) is 0 Å². The van der Waals surface area contributed by atoms with Crippen molar-refractivity contribution in [3.05, 3.63) is 23.8 Å². The van der Waals surface area contributed by atoms with Crippen LogP contribution in [-0.4, -0.2) is 30.4 Å². The molecule has 2 amide bonds. The fraction of sp³-hybridized carbons (Fsp3) is 0.467. The number of hydrogen-bond acceptors (Lipinski definition) is 4. The third kappa shape index (κ3) is 4.11. The zero-order valence-corrected chi connectivity index (χ0v) is 12.4. The maximum atomic E-state index is 11.9. The van der Waals surface area contributed by atoms with Crippen LogP contribution in [0.15, 0.2) is 18.2 Å². The van der Waals surface area contributed by atoms with E-state index >= 15 is 0 Å². The van der Waals surface area contributed by atoms with Gasteiger partial charge < -0.3 is 21.7 Å². The highest BCUT2D eigenvalue weighted by atomic mass is 16.2. The van der Waals surface area contributed by atoms with Crippen LogP contribution in [0, 0.1) is 0 Å². The third-order valence-electron chi connectivity index (χ3n) is 3.34. The number of hydrogen-bond donors (Lipinski definition) is 4. The van der Waals surface area contributed by atoms with Crippen molar-refractivity contribution < 1.29 is 9.59 Å². The summed E-state index contributed by atoms with van der Waals surface area (Å²) in [5, 5.41) is 8.73. The van der Waals surface area contributed by atoms with E-state index in [0.29, 0.717) is 29.5 Å². The number of nitrogen functional groups attached to an aromatic ring is 1. The van der Waals surface area contributed by atoms with E-state index in [0.717, 1.165) is 12.8 Å². The number of nitrogens with one attached hydrogen (secondary N) is 3. The van der Waals surface area contributed by atoms with Crippen LogP contribution in [0.3, 0.4) is 0 Å². The van der Waals surface area contributed by atoms with Gasteiger partial charge in [-0.3, -0.25) is 9.59 Å². The summed E-state index contributed by atoms with van der Waals surface area (Å²) in [6.45, 7) is 4.20. The van der Waals surface area contributed by atoms with Crippen molar-refractivity contribution in [2.45, 2.75) is 38.8 Å². The van der Waals surface area contributed by atoms with Gasteiger partial charge in [-0.25, -0.2) is 0 Å². The van der Waals surface area contributed by atoms with Crippen LogP contribution >= 0.6 is 0 Å². The topological polar surface area (TPSA) is 96.2 Å². The molecule has 0 radical (unpaired) electrons. The Kier molecular flexibility index (Phi) is 4.67. The Hall–Kier alpha value is -2.24. The molecule has 1 fully saturated rings. The molecule has 1 atom stereocenters. The van der Waals surface area contributed by atoms with Crippen LogP contribution in [0.4, 0.5) is 11.4 Å². The lowest BCUT2D eigenvalue weighted by Crippen LogP contribution is -2.38. The Morgan fingerprint density at radius 3 is 2.71 bits per heavy atom. The van der Waals surface area contributed by atoms with Crippen molar-refractivity contribution in [1.82, 2.24) is 10.6 Å². The average Bonchev–Trinajstić information content (AvgIpc) is 3.25. The van der Waals surface area contributed by atoms with Crippen LogP contribution in [0.25, 0.3) is 0 Å². The lowest BCUT2D eigenvalue weighted by molar-refractivity contribution is -0.121. The molecule has 0 heterocycles. The minimum Gasteiger partial charge on any atom is -0.397 e. The Balaban J connectivity index is 2.05. The second-order valence-electron chi connectivity index (χ2n) is 5.31. The van der Waals surface area contributed by atoms with Gasteiger partial charge in [0.2, 0.25) is 5.91 Å². The molecule has 6 nitrogen and oxygen atoms in total. The van der Waals surface area contributed by atoms with Crippen LogP contribution in [0.5, 0.6) is 0 Å². The number of carbonyl (C=O) groups is 2. The normalized spacial score (nSPS) is 15.1. The molecule has 114 valence electrons. The summed E-state index contributed by atoms with van der Waals surface area (Å²) in [6, 6.07) is 4.92. The Morgan fingerprint density at radius 1 is 1.38 bits per heavy atom. The molecule has 1 aromatic rings. The standard InChI is InChI=1S/C15H22N4O2/c1-3-17-15(21)10-4-7-12(16)13(8-10)18-9(2)14(20)19-11-5-6-11/h4,7-9,11,18H,3,5-6,16H2,1-2H3,(H,17,21)(H,19,20). The third-order valence-corrected chi connectivity index (χ3v) is 3.34. The van der Waals surface area contributed by atoms with Gasteiger partial charge in [-0.1, -0.05) is 0 Å².